The molecule has 0 radical (unpaired) electrons. The highest BCUT2D eigenvalue weighted by Gasteiger charge is 2.31. The number of likely N-dealkylation sites (N-methyl/N-ethyl adjacent to an activating group) is 1. The molecule has 1 amide bonds. The van der Waals surface area contributed by atoms with E-state index in [1.807, 2.05) is 6.92 Å². The van der Waals surface area contributed by atoms with Crippen LogP contribution in [0.2, 0.25) is 0 Å². The van der Waals surface area contributed by atoms with Crippen molar-refractivity contribution in [3.8, 4) is 0 Å². The molecule has 6 heteroatoms. The fourth-order valence-electron chi connectivity index (χ4n) is 2.55. The van der Waals surface area contributed by atoms with Crippen molar-refractivity contribution >= 4 is 5.91 Å². The Morgan fingerprint density at radius 3 is 2.76 bits per heavy atom. The molecule has 3 nitrogen and oxygen atoms in total. The molecule has 1 aromatic rings. The Balaban J connectivity index is 2.13. The van der Waals surface area contributed by atoms with Gasteiger partial charge in [0.05, 0.1) is 5.56 Å². The standard InChI is InChI=1S/C15H19F3N2O/c1-2-20(10-13-7-4-8-19-13)14(21)11-5-3-6-12(9-11)15(16,17)18/h3,5-6,9,13,19H,2,4,7-8,10H2,1H3. The summed E-state index contributed by atoms with van der Waals surface area (Å²) in [7, 11) is 0. The first kappa shape index (κ1) is 15.8. The third kappa shape index (κ3) is 3.97. The van der Waals surface area contributed by atoms with Crippen molar-refractivity contribution < 1.29 is 18.0 Å². The number of halogens is 3. The lowest BCUT2D eigenvalue weighted by Gasteiger charge is -2.25. The summed E-state index contributed by atoms with van der Waals surface area (Å²) in [5.74, 6) is -0.350. The molecule has 2 rings (SSSR count). The zero-order valence-electron chi connectivity index (χ0n) is 11.9. The van der Waals surface area contributed by atoms with Gasteiger partial charge in [0.15, 0.2) is 0 Å². The minimum atomic E-state index is -4.43. The Morgan fingerprint density at radius 1 is 1.43 bits per heavy atom. The first-order valence-electron chi connectivity index (χ1n) is 7.11. The highest BCUT2D eigenvalue weighted by Crippen LogP contribution is 2.29. The minimum absolute atomic E-state index is 0.0877. The molecule has 1 atom stereocenters. The normalized spacial score (nSPS) is 18.8. The van der Waals surface area contributed by atoms with E-state index in [2.05, 4.69) is 5.32 Å². The van der Waals surface area contributed by atoms with Gasteiger partial charge in [0.25, 0.3) is 5.91 Å². The smallest absolute Gasteiger partial charge is 0.337 e. The molecule has 0 bridgehead atoms. The fourth-order valence-corrected chi connectivity index (χ4v) is 2.55. The number of benzene rings is 1. The molecule has 0 spiro atoms. The van der Waals surface area contributed by atoms with E-state index in [-0.39, 0.29) is 17.5 Å². The van der Waals surface area contributed by atoms with Gasteiger partial charge in [0, 0.05) is 24.7 Å². The lowest BCUT2D eigenvalue weighted by atomic mass is 10.1. The molecular formula is C15H19F3N2O. The van der Waals surface area contributed by atoms with E-state index < -0.39 is 11.7 Å². The Hall–Kier alpha value is -1.56. The van der Waals surface area contributed by atoms with Crippen LogP contribution in [0.25, 0.3) is 0 Å². The van der Waals surface area contributed by atoms with Gasteiger partial charge in [0.2, 0.25) is 0 Å². The topological polar surface area (TPSA) is 32.3 Å². The largest absolute Gasteiger partial charge is 0.416 e. The number of nitrogens with one attached hydrogen (secondary N) is 1. The molecule has 1 saturated heterocycles. The monoisotopic (exact) mass is 300 g/mol. The third-order valence-electron chi connectivity index (χ3n) is 3.71. The Kier molecular flexibility index (Phi) is 4.88. The molecular weight excluding hydrogens is 281 g/mol. The van der Waals surface area contributed by atoms with Crippen molar-refractivity contribution in [1.29, 1.82) is 0 Å². The highest BCUT2D eigenvalue weighted by atomic mass is 19.4. The average molecular weight is 300 g/mol. The molecule has 1 aromatic carbocycles. The lowest BCUT2D eigenvalue weighted by molar-refractivity contribution is -0.137. The molecule has 1 heterocycles. The first-order valence-corrected chi connectivity index (χ1v) is 7.11. The van der Waals surface area contributed by atoms with E-state index in [0.717, 1.165) is 31.5 Å². The van der Waals surface area contributed by atoms with Gasteiger partial charge in [-0.25, -0.2) is 0 Å². The molecule has 0 saturated carbocycles. The van der Waals surface area contributed by atoms with Gasteiger partial charge in [-0.05, 0) is 44.5 Å². The SMILES string of the molecule is CCN(CC1CCCN1)C(=O)c1cccc(C(F)(F)F)c1. The van der Waals surface area contributed by atoms with Gasteiger partial charge in [-0.2, -0.15) is 13.2 Å². The number of alkyl halides is 3. The van der Waals surface area contributed by atoms with E-state index in [1.54, 1.807) is 4.90 Å². The van der Waals surface area contributed by atoms with Crippen molar-refractivity contribution in [3.63, 3.8) is 0 Å². The van der Waals surface area contributed by atoms with Gasteiger partial charge in [0.1, 0.15) is 0 Å². The molecule has 1 aliphatic rings. The summed E-state index contributed by atoms with van der Waals surface area (Å²) in [5, 5.41) is 3.29. The van der Waals surface area contributed by atoms with Crippen LogP contribution < -0.4 is 5.32 Å². The van der Waals surface area contributed by atoms with Gasteiger partial charge < -0.3 is 10.2 Å². The van der Waals surface area contributed by atoms with E-state index in [0.29, 0.717) is 13.1 Å². The number of amides is 1. The summed E-state index contributed by atoms with van der Waals surface area (Å²) in [4.78, 5) is 14.0. The predicted molar refractivity (Wildman–Crippen MR) is 74.0 cm³/mol. The number of rotatable bonds is 4. The van der Waals surface area contributed by atoms with Crippen LogP contribution in [-0.4, -0.2) is 36.5 Å². The quantitative estimate of drug-likeness (QED) is 0.927. The summed E-state index contributed by atoms with van der Waals surface area (Å²) in [6.45, 7) is 3.78. The van der Waals surface area contributed by atoms with Crippen molar-refractivity contribution in [3.05, 3.63) is 35.4 Å². The van der Waals surface area contributed by atoms with Gasteiger partial charge >= 0.3 is 6.18 Å². The van der Waals surface area contributed by atoms with Crippen molar-refractivity contribution in [2.45, 2.75) is 32.0 Å². The minimum Gasteiger partial charge on any atom is -0.337 e. The third-order valence-corrected chi connectivity index (χ3v) is 3.71. The van der Waals surface area contributed by atoms with Crippen molar-refractivity contribution in [2.24, 2.45) is 0 Å². The summed E-state index contributed by atoms with van der Waals surface area (Å²) >= 11 is 0. The molecule has 0 aromatic heterocycles. The summed E-state index contributed by atoms with van der Waals surface area (Å²) < 4.78 is 38.1. The van der Waals surface area contributed by atoms with Gasteiger partial charge in [-0.15, -0.1) is 0 Å². The fraction of sp³-hybridized carbons (Fsp3) is 0.533. The summed E-state index contributed by atoms with van der Waals surface area (Å²) in [6, 6.07) is 4.85. The van der Waals surface area contributed by atoms with Crippen molar-refractivity contribution in [1.82, 2.24) is 10.2 Å². The number of nitrogens with zero attached hydrogens (tertiary/aromatic N) is 1. The second kappa shape index (κ2) is 6.47. The maximum atomic E-state index is 12.7. The van der Waals surface area contributed by atoms with Crippen LogP contribution in [-0.2, 0) is 6.18 Å². The molecule has 0 aliphatic carbocycles. The van der Waals surface area contributed by atoms with E-state index in [4.69, 9.17) is 0 Å². The van der Waals surface area contributed by atoms with E-state index >= 15 is 0 Å². The first-order chi connectivity index (χ1) is 9.91. The molecule has 1 aliphatic heterocycles. The average Bonchev–Trinajstić information content (AvgIpc) is 2.96. The lowest BCUT2D eigenvalue weighted by Crippen LogP contribution is -2.41. The molecule has 1 unspecified atom stereocenters. The molecule has 21 heavy (non-hydrogen) atoms. The molecule has 1 fully saturated rings. The number of hydrogen-bond donors (Lipinski definition) is 1. The Morgan fingerprint density at radius 2 is 2.19 bits per heavy atom. The second-order valence-electron chi connectivity index (χ2n) is 5.22. The molecule has 1 N–H and O–H groups in total. The number of carbonyl (C=O) groups is 1. The van der Waals surface area contributed by atoms with Crippen LogP contribution in [0.4, 0.5) is 13.2 Å². The van der Waals surface area contributed by atoms with E-state index in [9.17, 15) is 18.0 Å². The summed E-state index contributed by atoms with van der Waals surface area (Å²) in [5.41, 5.74) is -0.701. The van der Waals surface area contributed by atoms with E-state index in [1.165, 1.54) is 12.1 Å². The highest BCUT2D eigenvalue weighted by molar-refractivity contribution is 5.94. The number of hydrogen-bond acceptors (Lipinski definition) is 2. The predicted octanol–water partition coefficient (Wildman–Crippen LogP) is 2.92. The van der Waals surface area contributed by atoms with Crippen LogP contribution in [0.3, 0.4) is 0 Å². The molecule has 116 valence electrons. The van der Waals surface area contributed by atoms with Crippen molar-refractivity contribution in [2.75, 3.05) is 19.6 Å². The maximum Gasteiger partial charge on any atom is 0.416 e. The zero-order chi connectivity index (χ0) is 15.5. The second-order valence-corrected chi connectivity index (χ2v) is 5.22. The van der Waals surface area contributed by atoms with Crippen LogP contribution in [0, 0.1) is 0 Å². The number of carbonyl (C=O) groups excluding carboxylic acids is 1. The van der Waals surface area contributed by atoms with Gasteiger partial charge in [-0.1, -0.05) is 6.07 Å². The van der Waals surface area contributed by atoms with Crippen LogP contribution in [0.1, 0.15) is 35.7 Å². The zero-order valence-corrected chi connectivity index (χ0v) is 11.9. The van der Waals surface area contributed by atoms with Crippen LogP contribution >= 0.6 is 0 Å². The van der Waals surface area contributed by atoms with Gasteiger partial charge in [-0.3, -0.25) is 4.79 Å². The summed E-state index contributed by atoms with van der Waals surface area (Å²) in [6.07, 6.45) is -2.37. The maximum absolute atomic E-state index is 12.7. The Labute approximate surface area is 122 Å². The van der Waals surface area contributed by atoms with Crippen LogP contribution in [0.15, 0.2) is 24.3 Å². The van der Waals surface area contributed by atoms with Crippen LogP contribution in [0.5, 0.6) is 0 Å². The Bertz CT molecular complexity index is 496.